The fraction of sp³-hybridized carbons (Fsp3) is 0.250. The largest absolute Gasteiger partial charge is 0.383 e. The van der Waals surface area contributed by atoms with Gasteiger partial charge in [0.1, 0.15) is 5.82 Å². The van der Waals surface area contributed by atoms with Gasteiger partial charge in [-0.15, -0.1) is 0 Å². The highest BCUT2D eigenvalue weighted by Gasteiger charge is 2.16. The van der Waals surface area contributed by atoms with Gasteiger partial charge in [-0.05, 0) is 79.0 Å². The lowest BCUT2D eigenvalue weighted by Crippen LogP contribution is -2.29. The van der Waals surface area contributed by atoms with Crippen LogP contribution in [0.2, 0.25) is 0 Å². The van der Waals surface area contributed by atoms with Crippen LogP contribution in [0.1, 0.15) is 51.5 Å². The first-order valence-electron chi connectivity index (χ1n) is 12.0. The molecule has 0 aliphatic carbocycles. The number of hydrogen-bond donors (Lipinski definition) is 3. The number of aryl methyl sites for hydroxylation is 1. The number of nitrogens with two attached hydrogens (primary N) is 1. The summed E-state index contributed by atoms with van der Waals surface area (Å²) in [5.41, 5.74) is 12.1. The van der Waals surface area contributed by atoms with Crippen molar-refractivity contribution >= 4 is 23.1 Å². The molecule has 0 bridgehead atoms. The SMILES string of the molecule is Cc1ccc(C(=O)NCc2ccsc2)cc1C#Cc1cc(-c2cnn(C3CCNCC3)c2)cnc1N. The second-order valence-electron chi connectivity index (χ2n) is 8.94. The minimum absolute atomic E-state index is 0.127. The molecule has 1 amide bonds. The second-order valence-corrected chi connectivity index (χ2v) is 9.72. The zero-order valence-corrected chi connectivity index (χ0v) is 20.9. The molecule has 0 atom stereocenters. The minimum atomic E-state index is -0.127. The van der Waals surface area contributed by atoms with Gasteiger partial charge in [0.25, 0.3) is 5.91 Å². The van der Waals surface area contributed by atoms with E-state index in [2.05, 4.69) is 43.4 Å². The third-order valence-electron chi connectivity index (χ3n) is 6.40. The Bertz CT molecular complexity index is 1420. The van der Waals surface area contributed by atoms with E-state index >= 15 is 0 Å². The molecule has 3 aromatic heterocycles. The molecular formula is C28H28N6OS. The highest BCUT2D eigenvalue weighted by molar-refractivity contribution is 7.07. The molecule has 0 radical (unpaired) electrons. The van der Waals surface area contributed by atoms with E-state index in [1.54, 1.807) is 17.5 Å². The van der Waals surface area contributed by atoms with Crippen LogP contribution in [0.3, 0.4) is 0 Å². The molecular weight excluding hydrogens is 468 g/mol. The molecule has 36 heavy (non-hydrogen) atoms. The maximum Gasteiger partial charge on any atom is 0.251 e. The van der Waals surface area contributed by atoms with E-state index in [-0.39, 0.29) is 5.91 Å². The zero-order chi connectivity index (χ0) is 24.9. The van der Waals surface area contributed by atoms with Crippen molar-refractivity contribution in [2.75, 3.05) is 18.8 Å². The highest BCUT2D eigenvalue weighted by atomic mass is 32.1. The molecule has 182 valence electrons. The molecule has 0 saturated carbocycles. The Kier molecular flexibility index (Phi) is 7.12. The number of amides is 1. The van der Waals surface area contributed by atoms with Crippen LogP contribution in [-0.4, -0.2) is 33.8 Å². The molecule has 5 rings (SSSR count). The summed E-state index contributed by atoms with van der Waals surface area (Å²) in [6.07, 6.45) is 7.84. The summed E-state index contributed by atoms with van der Waals surface area (Å²) in [6.45, 7) is 4.50. The summed E-state index contributed by atoms with van der Waals surface area (Å²) in [5.74, 6) is 6.61. The van der Waals surface area contributed by atoms with E-state index in [0.29, 0.717) is 29.5 Å². The van der Waals surface area contributed by atoms with Crippen molar-refractivity contribution in [2.45, 2.75) is 32.4 Å². The summed E-state index contributed by atoms with van der Waals surface area (Å²) in [6, 6.07) is 9.92. The molecule has 0 spiro atoms. The first kappa shape index (κ1) is 23.8. The molecule has 4 aromatic rings. The number of carbonyl (C=O) groups is 1. The van der Waals surface area contributed by atoms with Gasteiger partial charge in [0, 0.05) is 41.2 Å². The molecule has 1 aliphatic rings. The van der Waals surface area contributed by atoms with Crippen LogP contribution in [0, 0.1) is 18.8 Å². The Morgan fingerprint density at radius 2 is 2.00 bits per heavy atom. The van der Waals surface area contributed by atoms with Gasteiger partial charge in [-0.25, -0.2) is 4.98 Å². The molecule has 4 N–H and O–H groups in total. The van der Waals surface area contributed by atoms with Crippen molar-refractivity contribution < 1.29 is 4.79 Å². The van der Waals surface area contributed by atoms with Gasteiger partial charge in [0.05, 0.1) is 17.8 Å². The normalized spacial score (nSPS) is 13.7. The smallest absolute Gasteiger partial charge is 0.251 e. The first-order chi connectivity index (χ1) is 17.6. The number of thiophene rings is 1. The van der Waals surface area contributed by atoms with Gasteiger partial charge >= 0.3 is 0 Å². The average Bonchev–Trinajstić information content (AvgIpc) is 3.61. The van der Waals surface area contributed by atoms with Crippen molar-refractivity contribution in [1.82, 2.24) is 25.4 Å². The van der Waals surface area contributed by atoms with Crippen molar-refractivity contribution in [3.8, 4) is 23.0 Å². The van der Waals surface area contributed by atoms with E-state index in [1.807, 2.05) is 54.2 Å². The first-order valence-corrected chi connectivity index (χ1v) is 12.9. The number of carbonyl (C=O) groups excluding carboxylic acids is 1. The lowest BCUT2D eigenvalue weighted by atomic mass is 10.0. The third kappa shape index (κ3) is 5.48. The van der Waals surface area contributed by atoms with Crippen LogP contribution in [0.15, 0.2) is 59.7 Å². The molecule has 7 nitrogen and oxygen atoms in total. The van der Waals surface area contributed by atoms with Crippen LogP contribution < -0.4 is 16.4 Å². The molecule has 1 fully saturated rings. The van der Waals surface area contributed by atoms with Crippen LogP contribution in [0.25, 0.3) is 11.1 Å². The van der Waals surface area contributed by atoms with E-state index in [9.17, 15) is 4.79 Å². The van der Waals surface area contributed by atoms with Crippen LogP contribution in [-0.2, 0) is 6.54 Å². The molecule has 1 aromatic carbocycles. The summed E-state index contributed by atoms with van der Waals surface area (Å²) in [4.78, 5) is 17.0. The Morgan fingerprint density at radius 1 is 1.17 bits per heavy atom. The second kappa shape index (κ2) is 10.8. The van der Waals surface area contributed by atoms with Gasteiger partial charge in [-0.1, -0.05) is 17.9 Å². The van der Waals surface area contributed by atoms with Crippen molar-refractivity contribution in [3.63, 3.8) is 0 Å². The maximum absolute atomic E-state index is 12.7. The van der Waals surface area contributed by atoms with E-state index < -0.39 is 0 Å². The topological polar surface area (TPSA) is 97.9 Å². The van der Waals surface area contributed by atoms with Crippen molar-refractivity contribution in [3.05, 3.63) is 87.5 Å². The Hall–Kier alpha value is -3.93. The van der Waals surface area contributed by atoms with Crippen molar-refractivity contribution in [2.24, 2.45) is 0 Å². The fourth-order valence-corrected chi connectivity index (χ4v) is 4.87. The Labute approximate surface area is 214 Å². The number of nitrogen functional groups attached to an aromatic ring is 1. The number of anilines is 1. The van der Waals surface area contributed by atoms with E-state index in [0.717, 1.165) is 53.7 Å². The van der Waals surface area contributed by atoms with Gasteiger partial charge in [-0.3, -0.25) is 9.48 Å². The quantitative estimate of drug-likeness (QED) is 0.361. The van der Waals surface area contributed by atoms with Crippen LogP contribution in [0.5, 0.6) is 0 Å². The molecule has 1 aliphatic heterocycles. The number of rotatable bonds is 5. The average molecular weight is 497 g/mol. The van der Waals surface area contributed by atoms with Crippen LogP contribution in [0.4, 0.5) is 5.82 Å². The number of nitrogens with zero attached hydrogens (tertiary/aromatic N) is 3. The van der Waals surface area contributed by atoms with Gasteiger partial charge in [0.2, 0.25) is 0 Å². The van der Waals surface area contributed by atoms with Gasteiger partial charge < -0.3 is 16.4 Å². The predicted octanol–water partition coefficient (Wildman–Crippen LogP) is 4.15. The van der Waals surface area contributed by atoms with Gasteiger partial charge in [-0.2, -0.15) is 16.4 Å². The molecule has 1 saturated heterocycles. The summed E-state index contributed by atoms with van der Waals surface area (Å²) in [5, 5.41) is 15.0. The number of benzene rings is 1. The predicted molar refractivity (Wildman–Crippen MR) is 144 cm³/mol. The molecule has 0 unspecified atom stereocenters. The highest BCUT2D eigenvalue weighted by Crippen LogP contribution is 2.25. The number of piperidine rings is 1. The zero-order valence-electron chi connectivity index (χ0n) is 20.1. The maximum atomic E-state index is 12.7. The monoisotopic (exact) mass is 496 g/mol. The Morgan fingerprint density at radius 3 is 2.81 bits per heavy atom. The number of nitrogens with one attached hydrogen (secondary N) is 2. The Balaban J connectivity index is 1.35. The van der Waals surface area contributed by atoms with E-state index in [1.165, 1.54) is 0 Å². The number of aromatic nitrogens is 3. The number of pyridine rings is 1. The lowest BCUT2D eigenvalue weighted by molar-refractivity contribution is 0.0951. The summed E-state index contributed by atoms with van der Waals surface area (Å²) < 4.78 is 2.05. The molecule has 4 heterocycles. The number of hydrogen-bond acceptors (Lipinski definition) is 6. The summed E-state index contributed by atoms with van der Waals surface area (Å²) >= 11 is 1.61. The fourth-order valence-electron chi connectivity index (χ4n) is 4.20. The van der Waals surface area contributed by atoms with Gasteiger partial charge in [0.15, 0.2) is 0 Å². The molecule has 8 heteroatoms. The lowest BCUT2D eigenvalue weighted by Gasteiger charge is -2.22. The van der Waals surface area contributed by atoms with Crippen LogP contribution >= 0.6 is 11.3 Å². The third-order valence-corrected chi connectivity index (χ3v) is 7.13. The minimum Gasteiger partial charge on any atom is -0.383 e. The van der Waals surface area contributed by atoms with Crippen molar-refractivity contribution in [1.29, 1.82) is 0 Å². The van der Waals surface area contributed by atoms with E-state index in [4.69, 9.17) is 5.73 Å². The standard InChI is InChI=1S/C28H28N6OS/c1-19-2-3-23(28(35)32-14-20-8-11-36-18-20)12-21(19)4-5-22-13-24(15-31-27(22)29)25-16-33-34(17-25)26-6-9-30-10-7-26/h2-3,8,11-13,15-18,26,30H,6-7,9-10,14H2,1H3,(H2,29,31)(H,32,35). The summed E-state index contributed by atoms with van der Waals surface area (Å²) in [7, 11) is 0.